The number of nitrogens with two attached hydrogens (primary N) is 1. The van der Waals surface area contributed by atoms with Crippen molar-refractivity contribution in [3.8, 4) is 22.8 Å². The van der Waals surface area contributed by atoms with Gasteiger partial charge in [0.15, 0.2) is 5.65 Å². The van der Waals surface area contributed by atoms with Crippen molar-refractivity contribution in [3.63, 3.8) is 0 Å². The second-order valence-corrected chi connectivity index (χ2v) is 17.8. The largest absolute Gasteiger partial charge is 0.457 e. The molecule has 3 aromatic carbocycles. The summed E-state index contributed by atoms with van der Waals surface area (Å²) in [4.78, 5) is 44.3. The summed E-state index contributed by atoms with van der Waals surface area (Å²) < 4.78 is 8.13. The van der Waals surface area contributed by atoms with Crippen molar-refractivity contribution in [1.29, 1.82) is 0 Å². The number of fused-ring (bicyclic) bond motifs is 2. The maximum atomic E-state index is 13.2. The molecule has 4 N–H and O–H groups in total. The second kappa shape index (κ2) is 17.1. The highest BCUT2D eigenvalue weighted by molar-refractivity contribution is 6.02. The standard InChI is InChI=1S/C47H56N10O4/c48-44-42-43(33-6-9-38(10-7-33)61-37-4-2-1-3-5-37)52-57(45(42)50-30-49-44)35-18-22-54(23-19-35)27-31-14-20-53(21-15-31)28-32-16-24-55(25-17-32)36-8-11-39-34(26-36)29-56(47(39)60)40-12-13-41(58)51-46(40)59/h1-11,26,30-32,35,40-41,58H,12-25,27-29H2,(H,51,59)(H2,48,49,50). The molecule has 5 aromatic rings. The van der Waals surface area contributed by atoms with Gasteiger partial charge in [-0.05, 0) is 136 Å². The number of aliphatic hydroxyl groups excluding tert-OH is 1. The minimum Gasteiger partial charge on any atom is -0.457 e. The van der Waals surface area contributed by atoms with Gasteiger partial charge in [0.1, 0.15) is 41.6 Å². The van der Waals surface area contributed by atoms with Crippen molar-refractivity contribution in [2.45, 2.75) is 76.2 Å². The molecule has 61 heavy (non-hydrogen) atoms. The van der Waals surface area contributed by atoms with Crippen LogP contribution in [0.15, 0.2) is 79.1 Å². The van der Waals surface area contributed by atoms with Gasteiger partial charge in [-0.3, -0.25) is 9.59 Å². The number of nitrogen functional groups attached to an aromatic ring is 1. The highest BCUT2D eigenvalue weighted by atomic mass is 16.5. The van der Waals surface area contributed by atoms with Gasteiger partial charge in [0.05, 0.1) is 11.4 Å². The molecule has 0 bridgehead atoms. The molecule has 7 heterocycles. The van der Waals surface area contributed by atoms with E-state index < -0.39 is 12.3 Å². The number of ether oxygens (including phenoxy) is 1. The first kappa shape index (κ1) is 39.6. The summed E-state index contributed by atoms with van der Waals surface area (Å²) in [6, 6.07) is 23.7. The number of para-hydroxylation sites is 1. The number of nitrogens with one attached hydrogen (secondary N) is 1. The van der Waals surface area contributed by atoms with Gasteiger partial charge in [0, 0.05) is 62.6 Å². The maximum Gasteiger partial charge on any atom is 0.255 e. The summed E-state index contributed by atoms with van der Waals surface area (Å²) in [6.45, 7) is 9.28. The Morgan fingerprint density at radius 1 is 0.754 bits per heavy atom. The molecular formula is C47H56N10O4. The van der Waals surface area contributed by atoms with Crippen molar-refractivity contribution in [3.05, 3.63) is 90.3 Å². The molecule has 318 valence electrons. The molecule has 5 aliphatic heterocycles. The van der Waals surface area contributed by atoms with Crippen LogP contribution in [0.4, 0.5) is 11.5 Å². The fourth-order valence-corrected chi connectivity index (χ4v) is 10.4. The number of amides is 2. The monoisotopic (exact) mass is 824 g/mol. The van der Waals surface area contributed by atoms with Crippen LogP contribution in [0.3, 0.4) is 0 Å². The predicted octanol–water partition coefficient (Wildman–Crippen LogP) is 5.69. The van der Waals surface area contributed by atoms with E-state index in [0.717, 1.165) is 96.5 Å². The number of hydrogen-bond donors (Lipinski definition) is 3. The van der Waals surface area contributed by atoms with Crippen LogP contribution >= 0.6 is 0 Å². The van der Waals surface area contributed by atoms with Crippen LogP contribution < -0.4 is 20.7 Å². The number of likely N-dealkylation sites (tertiary alicyclic amines) is 2. The van der Waals surface area contributed by atoms with E-state index in [1.807, 2.05) is 60.7 Å². The molecule has 4 fully saturated rings. The molecule has 0 aliphatic carbocycles. The fourth-order valence-electron chi connectivity index (χ4n) is 10.4. The van der Waals surface area contributed by atoms with Gasteiger partial charge >= 0.3 is 0 Å². The van der Waals surface area contributed by atoms with Crippen LogP contribution in [0.5, 0.6) is 11.5 Å². The SMILES string of the molecule is Nc1ncnc2c1c(-c1ccc(Oc3ccccc3)cc1)nn2C1CCN(CC2CCN(CC3CCN(c4ccc5c(c4)CN(C4CCC(O)NC4=O)C5=O)CC3)CC2)CC1. The Kier molecular flexibility index (Phi) is 11.1. The lowest BCUT2D eigenvalue weighted by atomic mass is 9.91. The number of anilines is 2. The third-order valence-electron chi connectivity index (χ3n) is 13.9. The summed E-state index contributed by atoms with van der Waals surface area (Å²) >= 11 is 0. The van der Waals surface area contributed by atoms with Crippen molar-refractivity contribution >= 4 is 34.4 Å². The number of rotatable bonds is 10. The third kappa shape index (κ3) is 8.28. The number of piperidine rings is 4. The van der Waals surface area contributed by atoms with Crippen LogP contribution in [0.2, 0.25) is 0 Å². The fraction of sp³-hybridized carbons (Fsp3) is 0.468. The second-order valence-electron chi connectivity index (χ2n) is 17.8. The molecule has 14 heteroatoms. The predicted molar refractivity (Wildman–Crippen MR) is 234 cm³/mol. The molecule has 2 atom stereocenters. The lowest BCUT2D eigenvalue weighted by Crippen LogP contribution is -2.54. The van der Waals surface area contributed by atoms with E-state index in [9.17, 15) is 14.7 Å². The average molecular weight is 825 g/mol. The third-order valence-corrected chi connectivity index (χ3v) is 13.9. The number of benzene rings is 3. The first-order valence-corrected chi connectivity index (χ1v) is 22.3. The average Bonchev–Trinajstić information content (AvgIpc) is 3.84. The first-order valence-electron chi connectivity index (χ1n) is 22.3. The van der Waals surface area contributed by atoms with Crippen molar-refractivity contribution in [2.75, 3.05) is 63.0 Å². The van der Waals surface area contributed by atoms with E-state index in [-0.39, 0.29) is 17.9 Å². The smallest absolute Gasteiger partial charge is 0.255 e. The van der Waals surface area contributed by atoms with Gasteiger partial charge < -0.3 is 40.5 Å². The number of aromatic nitrogens is 4. The quantitative estimate of drug-likeness (QED) is 0.159. The summed E-state index contributed by atoms with van der Waals surface area (Å²) in [7, 11) is 0. The minimum absolute atomic E-state index is 0.0878. The Morgan fingerprint density at radius 3 is 2.13 bits per heavy atom. The minimum atomic E-state index is -0.825. The zero-order chi connectivity index (χ0) is 41.5. The zero-order valence-corrected chi connectivity index (χ0v) is 34.7. The van der Waals surface area contributed by atoms with Gasteiger partial charge in [-0.1, -0.05) is 18.2 Å². The van der Waals surface area contributed by atoms with Gasteiger partial charge in [-0.15, -0.1) is 0 Å². The van der Waals surface area contributed by atoms with Gasteiger partial charge in [0.2, 0.25) is 5.91 Å². The first-order chi connectivity index (χ1) is 29.8. The van der Waals surface area contributed by atoms with Crippen molar-refractivity contribution in [2.24, 2.45) is 11.8 Å². The normalized spacial score (nSPS) is 22.5. The molecule has 5 aliphatic rings. The topological polar surface area (TPSA) is 158 Å². The molecule has 2 amide bonds. The highest BCUT2D eigenvalue weighted by Crippen LogP contribution is 2.37. The van der Waals surface area contributed by atoms with E-state index in [1.54, 1.807) is 11.2 Å². The Bertz CT molecular complexity index is 2350. The number of hydrogen-bond acceptors (Lipinski definition) is 11. The number of carbonyl (C=O) groups excluding carboxylic acids is 2. The Morgan fingerprint density at radius 2 is 1.43 bits per heavy atom. The van der Waals surface area contributed by atoms with E-state index >= 15 is 0 Å². The number of nitrogens with zero attached hydrogens (tertiary/aromatic N) is 8. The Balaban J connectivity index is 0.678. The highest BCUT2D eigenvalue weighted by Gasteiger charge is 2.39. The molecule has 4 saturated heterocycles. The molecule has 2 unspecified atom stereocenters. The molecule has 0 saturated carbocycles. The van der Waals surface area contributed by atoms with Gasteiger partial charge in [-0.2, -0.15) is 5.10 Å². The van der Waals surface area contributed by atoms with Crippen LogP contribution in [0.1, 0.15) is 73.3 Å². The maximum absolute atomic E-state index is 13.2. The summed E-state index contributed by atoms with van der Waals surface area (Å²) in [6.07, 6.45) is 8.56. The Hall–Kier alpha value is -5.57. The van der Waals surface area contributed by atoms with E-state index in [2.05, 4.69) is 46.8 Å². The molecule has 10 rings (SSSR count). The van der Waals surface area contributed by atoms with Gasteiger partial charge in [-0.25, -0.2) is 14.6 Å². The van der Waals surface area contributed by atoms with Crippen LogP contribution in [0, 0.1) is 11.8 Å². The van der Waals surface area contributed by atoms with Crippen LogP contribution in [0.25, 0.3) is 22.3 Å². The lowest BCUT2D eigenvalue weighted by Gasteiger charge is -2.40. The van der Waals surface area contributed by atoms with E-state index in [1.165, 1.54) is 45.3 Å². The molecule has 14 nitrogen and oxygen atoms in total. The van der Waals surface area contributed by atoms with Gasteiger partial charge in [0.25, 0.3) is 5.91 Å². The van der Waals surface area contributed by atoms with Crippen LogP contribution in [-0.4, -0.2) is 116 Å². The molecular weight excluding hydrogens is 769 g/mol. The van der Waals surface area contributed by atoms with E-state index in [4.69, 9.17) is 15.6 Å². The zero-order valence-electron chi connectivity index (χ0n) is 34.7. The lowest BCUT2D eigenvalue weighted by molar-refractivity contribution is -0.132. The Labute approximate surface area is 356 Å². The summed E-state index contributed by atoms with van der Waals surface area (Å²) in [5.74, 6) is 3.08. The summed E-state index contributed by atoms with van der Waals surface area (Å²) in [5.41, 5.74) is 11.9. The number of aliphatic hydroxyl groups is 1. The molecule has 0 radical (unpaired) electrons. The number of carbonyl (C=O) groups is 2. The van der Waals surface area contributed by atoms with Crippen molar-refractivity contribution in [1.82, 2.24) is 39.8 Å². The van der Waals surface area contributed by atoms with E-state index in [0.29, 0.717) is 36.7 Å². The van der Waals surface area contributed by atoms with Crippen LogP contribution in [-0.2, 0) is 11.3 Å². The molecule has 2 aromatic heterocycles. The van der Waals surface area contributed by atoms with Crippen molar-refractivity contribution < 1.29 is 19.4 Å². The molecule has 0 spiro atoms. The summed E-state index contributed by atoms with van der Waals surface area (Å²) in [5, 5.41) is 18.3.